The Morgan fingerprint density at radius 1 is 1.22 bits per heavy atom. The van der Waals surface area contributed by atoms with Gasteiger partial charge < -0.3 is 5.32 Å². The summed E-state index contributed by atoms with van der Waals surface area (Å²) in [6.45, 7) is 7.97. The monoisotopic (exact) mass is 267 g/mol. The summed E-state index contributed by atoms with van der Waals surface area (Å²) < 4.78 is 0. The van der Waals surface area contributed by atoms with Crippen LogP contribution in [0.3, 0.4) is 0 Å². The molecule has 0 aromatic heterocycles. The predicted molar refractivity (Wildman–Crippen MR) is 77.1 cm³/mol. The van der Waals surface area contributed by atoms with Gasteiger partial charge in [0, 0.05) is 17.0 Å². The van der Waals surface area contributed by atoms with Gasteiger partial charge in [-0.25, -0.2) is 0 Å². The first-order valence-corrected chi connectivity index (χ1v) is 6.82. The standard InChI is InChI=1S/C15H22ClNO/c1-10(2)15(18)14(17-11(3)4)9-12-7-5-6-8-13(12)16/h5-8,10-11,14,17H,9H2,1-4H3. The van der Waals surface area contributed by atoms with Crippen molar-refractivity contribution in [2.75, 3.05) is 0 Å². The van der Waals surface area contributed by atoms with E-state index >= 15 is 0 Å². The lowest BCUT2D eigenvalue weighted by molar-refractivity contribution is -0.124. The molecular formula is C15H22ClNO. The molecule has 0 aliphatic carbocycles. The fourth-order valence-corrected chi connectivity index (χ4v) is 2.14. The van der Waals surface area contributed by atoms with E-state index in [-0.39, 0.29) is 23.8 Å². The molecule has 0 saturated heterocycles. The predicted octanol–water partition coefficient (Wildman–Crippen LogP) is 3.47. The van der Waals surface area contributed by atoms with Crippen molar-refractivity contribution in [2.24, 2.45) is 5.92 Å². The molecule has 18 heavy (non-hydrogen) atoms. The highest BCUT2D eigenvalue weighted by Gasteiger charge is 2.22. The van der Waals surface area contributed by atoms with Crippen LogP contribution >= 0.6 is 11.6 Å². The molecule has 0 bridgehead atoms. The molecule has 0 heterocycles. The average Bonchev–Trinajstić information content (AvgIpc) is 2.29. The second-order valence-electron chi connectivity index (χ2n) is 5.23. The zero-order chi connectivity index (χ0) is 13.7. The summed E-state index contributed by atoms with van der Waals surface area (Å²) in [5, 5.41) is 4.05. The Bertz CT molecular complexity index is 401. The lowest BCUT2D eigenvalue weighted by Crippen LogP contribution is -2.44. The summed E-state index contributed by atoms with van der Waals surface area (Å²) in [5.41, 5.74) is 1.02. The lowest BCUT2D eigenvalue weighted by atomic mass is 9.95. The number of Topliss-reactive ketones (excluding diaryl/α,β-unsaturated/α-hetero) is 1. The van der Waals surface area contributed by atoms with Gasteiger partial charge in [-0.3, -0.25) is 4.79 Å². The third kappa shape index (κ3) is 4.43. The second kappa shape index (κ2) is 6.91. The van der Waals surface area contributed by atoms with Gasteiger partial charge in [-0.2, -0.15) is 0 Å². The Kier molecular flexibility index (Phi) is 5.83. The SMILES string of the molecule is CC(C)NC(Cc1ccccc1Cl)C(=O)C(C)C. The van der Waals surface area contributed by atoms with Crippen molar-refractivity contribution in [1.82, 2.24) is 5.32 Å². The van der Waals surface area contributed by atoms with E-state index in [1.165, 1.54) is 0 Å². The highest BCUT2D eigenvalue weighted by Crippen LogP contribution is 2.18. The van der Waals surface area contributed by atoms with E-state index in [1.54, 1.807) is 0 Å². The molecule has 1 N–H and O–H groups in total. The Morgan fingerprint density at radius 3 is 2.33 bits per heavy atom. The van der Waals surface area contributed by atoms with Gasteiger partial charge in [-0.15, -0.1) is 0 Å². The van der Waals surface area contributed by atoms with Crippen molar-refractivity contribution in [2.45, 2.75) is 46.2 Å². The molecule has 1 aromatic rings. The number of nitrogens with one attached hydrogen (secondary N) is 1. The Morgan fingerprint density at radius 2 is 1.83 bits per heavy atom. The normalized spacial score (nSPS) is 13.1. The summed E-state index contributed by atoms with van der Waals surface area (Å²) in [6.07, 6.45) is 0.648. The quantitative estimate of drug-likeness (QED) is 0.855. The van der Waals surface area contributed by atoms with Crippen LogP contribution < -0.4 is 5.32 Å². The van der Waals surface area contributed by atoms with Crippen molar-refractivity contribution in [3.05, 3.63) is 34.9 Å². The molecule has 1 rings (SSSR count). The van der Waals surface area contributed by atoms with E-state index in [4.69, 9.17) is 11.6 Å². The summed E-state index contributed by atoms with van der Waals surface area (Å²) >= 11 is 6.15. The van der Waals surface area contributed by atoms with Crippen LogP contribution in [0.5, 0.6) is 0 Å². The zero-order valence-electron chi connectivity index (χ0n) is 11.5. The molecule has 1 unspecified atom stereocenters. The van der Waals surface area contributed by atoms with Gasteiger partial charge in [0.15, 0.2) is 5.78 Å². The fraction of sp³-hybridized carbons (Fsp3) is 0.533. The first-order valence-electron chi connectivity index (χ1n) is 6.45. The number of rotatable bonds is 6. The van der Waals surface area contributed by atoms with Gasteiger partial charge in [0.05, 0.1) is 6.04 Å². The van der Waals surface area contributed by atoms with E-state index < -0.39 is 0 Å². The van der Waals surface area contributed by atoms with E-state index in [9.17, 15) is 4.79 Å². The van der Waals surface area contributed by atoms with Gasteiger partial charge in [-0.05, 0) is 18.1 Å². The van der Waals surface area contributed by atoms with Gasteiger partial charge in [0.25, 0.3) is 0 Å². The van der Waals surface area contributed by atoms with Crippen LogP contribution in [0.25, 0.3) is 0 Å². The van der Waals surface area contributed by atoms with Crippen molar-refractivity contribution in [3.63, 3.8) is 0 Å². The van der Waals surface area contributed by atoms with Crippen LogP contribution in [0.2, 0.25) is 5.02 Å². The van der Waals surface area contributed by atoms with Crippen LogP contribution in [0.15, 0.2) is 24.3 Å². The number of ketones is 1. The van der Waals surface area contributed by atoms with Gasteiger partial charge in [-0.1, -0.05) is 57.5 Å². The molecule has 0 fully saturated rings. The Hall–Kier alpha value is -0.860. The minimum Gasteiger partial charge on any atom is -0.305 e. The summed E-state index contributed by atoms with van der Waals surface area (Å²) in [5.74, 6) is 0.271. The maximum atomic E-state index is 12.2. The zero-order valence-corrected chi connectivity index (χ0v) is 12.3. The number of halogens is 1. The number of carbonyl (C=O) groups is 1. The first-order chi connectivity index (χ1) is 8.41. The highest BCUT2D eigenvalue weighted by molar-refractivity contribution is 6.31. The number of hydrogen-bond donors (Lipinski definition) is 1. The van der Waals surface area contributed by atoms with E-state index in [0.29, 0.717) is 6.42 Å². The molecule has 1 atom stereocenters. The highest BCUT2D eigenvalue weighted by atomic mass is 35.5. The fourth-order valence-electron chi connectivity index (χ4n) is 1.93. The average molecular weight is 268 g/mol. The number of carbonyl (C=O) groups excluding carboxylic acids is 1. The Balaban J connectivity index is 2.85. The molecule has 3 heteroatoms. The van der Waals surface area contributed by atoms with E-state index in [1.807, 2.05) is 52.0 Å². The maximum Gasteiger partial charge on any atom is 0.152 e. The molecule has 0 aliphatic heterocycles. The summed E-state index contributed by atoms with van der Waals surface area (Å²) in [7, 11) is 0. The van der Waals surface area contributed by atoms with Crippen LogP contribution in [0.4, 0.5) is 0 Å². The molecule has 0 amide bonds. The molecule has 0 aliphatic rings. The molecule has 1 aromatic carbocycles. The van der Waals surface area contributed by atoms with Crippen molar-refractivity contribution in [1.29, 1.82) is 0 Å². The van der Waals surface area contributed by atoms with Crippen LogP contribution in [0, 0.1) is 5.92 Å². The van der Waals surface area contributed by atoms with Gasteiger partial charge in [0.2, 0.25) is 0 Å². The second-order valence-corrected chi connectivity index (χ2v) is 5.63. The van der Waals surface area contributed by atoms with E-state index in [2.05, 4.69) is 5.32 Å². The van der Waals surface area contributed by atoms with Crippen molar-refractivity contribution < 1.29 is 4.79 Å². The molecule has 2 nitrogen and oxygen atoms in total. The smallest absolute Gasteiger partial charge is 0.152 e. The number of benzene rings is 1. The molecule has 100 valence electrons. The minimum absolute atomic E-state index is 0.0312. The lowest BCUT2D eigenvalue weighted by Gasteiger charge is -2.22. The van der Waals surface area contributed by atoms with Crippen molar-refractivity contribution in [3.8, 4) is 0 Å². The largest absolute Gasteiger partial charge is 0.305 e. The summed E-state index contributed by atoms with van der Waals surface area (Å²) in [6, 6.07) is 7.81. The number of hydrogen-bond acceptors (Lipinski definition) is 2. The third-order valence-electron chi connectivity index (χ3n) is 2.83. The minimum atomic E-state index is -0.162. The maximum absolute atomic E-state index is 12.2. The van der Waals surface area contributed by atoms with E-state index in [0.717, 1.165) is 10.6 Å². The first kappa shape index (κ1) is 15.2. The topological polar surface area (TPSA) is 29.1 Å². The molecular weight excluding hydrogens is 246 g/mol. The molecule has 0 spiro atoms. The summed E-state index contributed by atoms with van der Waals surface area (Å²) in [4.78, 5) is 12.2. The Labute approximate surface area is 115 Å². The molecule has 0 radical (unpaired) electrons. The van der Waals surface area contributed by atoms with Crippen LogP contribution in [-0.2, 0) is 11.2 Å². The van der Waals surface area contributed by atoms with Crippen LogP contribution in [-0.4, -0.2) is 17.9 Å². The third-order valence-corrected chi connectivity index (χ3v) is 3.20. The molecule has 0 saturated carbocycles. The van der Waals surface area contributed by atoms with Gasteiger partial charge in [0.1, 0.15) is 0 Å². The van der Waals surface area contributed by atoms with Gasteiger partial charge >= 0.3 is 0 Å². The van der Waals surface area contributed by atoms with Crippen molar-refractivity contribution >= 4 is 17.4 Å². The van der Waals surface area contributed by atoms with Crippen LogP contribution in [0.1, 0.15) is 33.3 Å².